The number of hydrogen-bond donors (Lipinski definition) is 0. The minimum Gasteiger partial charge on any atom is -0.318 e. The average molecular weight is 401 g/mol. The van der Waals surface area contributed by atoms with Gasteiger partial charge in [-0.25, -0.2) is 4.79 Å². The predicted octanol–water partition coefficient (Wildman–Crippen LogP) is 5.56. The van der Waals surface area contributed by atoms with Gasteiger partial charge in [-0.15, -0.1) is 0 Å². The SMILES string of the molecule is Cc1ccc(-n2c(C)cc3c2CC(C)(C)C/C3=N\OC(=O)Cc2ccccc2)cc1. The van der Waals surface area contributed by atoms with Gasteiger partial charge >= 0.3 is 5.97 Å². The number of nitrogens with zero attached hydrogens (tertiary/aromatic N) is 2. The Kier molecular flexibility index (Phi) is 5.33. The molecule has 0 spiro atoms. The van der Waals surface area contributed by atoms with Crippen LogP contribution in [0.15, 0.2) is 65.8 Å². The molecule has 2 aromatic carbocycles. The van der Waals surface area contributed by atoms with Crippen LogP contribution in [-0.4, -0.2) is 16.2 Å². The quantitative estimate of drug-likeness (QED) is 0.425. The van der Waals surface area contributed by atoms with E-state index >= 15 is 0 Å². The molecule has 1 aliphatic carbocycles. The number of oxime groups is 1. The first kappa shape index (κ1) is 20.1. The number of aromatic nitrogens is 1. The Hall–Kier alpha value is -3.14. The van der Waals surface area contributed by atoms with Crippen LogP contribution in [0, 0.1) is 19.3 Å². The maximum absolute atomic E-state index is 12.3. The van der Waals surface area contributed by atoms with Crippen molar-refractivity contribution in [2.75, 3.05) is 0 Å². The van der Waals surface area contributed by atoms with Crippen LogP contribution in [0.1, 0.15) is 48.3 Å². The summed E-state index contributed by atoms with van der Waals surface area (Å²) in [4.78, 5) is 17.7. The van der Waals surface area contributed by atoms with E-state index in [1.54, 1.807) is 0 Å². The number of rotatable bonds is 4. The minimum atomic E-state index is -0.340. The van der Waals surface area contributed by atoms with Crippen molar-refractivity contribution in [3.8, 4) is 5.69 Å². The van der Waals surface area contributed by atoms with E-state index in [0.717, 1.165) is 41.1 Å². The average Bonchev–Trinajstić information content (AvgIpc) is 3.02. The van der Waals surface area contributed by atoms with Gasteiger partial charge in [-0.2, -0.15) is 0 Å². The van der Waals surface area contributed by atoms with Crippen molar-refractivity contribution in [2.24, 2.45) is 10.6 Å². The van der Waals surface area contributed by atoms with Crippen LogP contribution in [0.4, 0.5) is 0 Å². The summed E-state index contributed by atoms with van der Waals surface area (Å²) in [5.74, 6) is -0.340. The Morgan fingerprint density at radius 2 is 1.73 bits per heavy atom. The number of aryl methyl sites for hydroxylation is 2. The normalized spacial score (nSPS) is 16.3. The summed E-state index contributed by atoms with van der Waals surface area (Å²) in [6.07, 6.45) is 1.94. The second-order valence-corrected chi connectivity index (χ2v) is 9.00. The van der Waals surface area contributed by atoms with Crippen LogP contribution in [0.2, 0.25) is 0 Å². The van der Waals surface area contributed by atoms with Crippen molar-refractivity contribution >= 4 is 11.7 Å². The van der Waals surface area contributed by atoms with Gasteiger partial charge in [0.2, 0.25) is 0 Å². The molecule has 0 N–H and O–H groups in total. The monoisotopic (exact) mass is 400 g/mol. The zero-order chi connectivity index (χ0) is 21.3. The Labute approximate surface area is 178 Å². The smallest absolute Gasteiger partial charge is 0.318 e. The van der Waals surface area contributed by atoms with E-state index in [0.29, 0.717) is 0 Å². The van der Waals surface area contributed by atoms with Crippen molar-refractivity contribution in [3.63, 3.8) is 0 Å². The summed E-state index contributed by atoms with van der Waals surface area (Å²) in [5.41, 5.74) is 7.66. The zero-order valence-electron chi connectivity index (χ0n) is 18.1. The van der Waals surface area contributed by atoms with Crippen molar-refractivity contribution in [3.05, 3.63) is 88.7 Å². The number of carbonyl (C=O) groups excluding carboxylic acids is 1. The molecule has 0 aliphatic heterocycles. The fraction of sp³-hybridized carbons (Fsp3) is 0.308. The highest BCUT2D eigenvalue weighted by molar-refractivity contribution is 6.03. The van der Waals surface area contributed by atoms with Crippen molar-refractivity contribution < 1.29 is 9.63 Å². The molecule has 0 fully saturated rings. The largest absolute Gasteiger partial charge is 0.339 e. The van der Waals surface area contributed by atoms with Crippen LogP contribution in [0.25, 0.3) is 5.69 Å². The topological polar surface area (TPSA) is 43.6 Å². The van der Waals surface area contributed by atoms with E-state index < -0.39 is 0 Å². The molecule has 0 bridgehead atoms. The molecule has 0 unspecified atom stereocenters. The molecule has 0 saturated heterocycles. The highest BCUT2D eigenvalue weighted by atomic mass is 16.7. The van der Waals surface area contributed by atoms with Crippen LogP contribution < -0.4 is 0 Å². The first-order valence-corrected chi connectivity index (χ1v) is 10.4. The molecular weight excluding hydrogens is 372 g/mol. The van der Waals surface area contributed by atoms with E-state index in [4.69, 9.17) is 4.84 Å². The molecule has 0 atom stereocenters. The molecular formula is C26H28N2O2. The van der Waals surface area contributed by atoms with Crippen molar-refractivity contribution in [2.45, 2.75) is 47.0 Å². The maximum atomic E-state index is 12.3. The summed E-state index contributed by atoms with van der Waals surface area (Å²) in [5, 5.41) is 4.33. The predicted molar refractivity (Wildman–Crippen MR) is 120 cm³/mol. The van der Waals surface area contributed by atoms with E-state index in [2.05, 4.69) is 67.7 Å². The minimum absolute atomic E-state index is 0.0327. The molecule has 1 heterocycles. The highest BCUT2D eigenvalue weighted by Gasteiger charge is 2.33. The van der Waals surface area contributed by atoms with Gasteiger partial charge in [0.25, 0.3) is 0 Å². The molecule has 30 heavy (non-hydrogen) atoms. The Morgan fingerprint density at radius 3 is 2.43 bits per heavy atom. The Bertz CT molecular complexity index is 1090. The molecule has 154 valence electrons. The maximum Gasteiger partial charge on any atom is 0.339 e. The standard InChI is InChI=1S/C26H28N2O2/c1-18-10-12-21(13-11-18)28-19(2)14-22-23(16-26(3,4)17-24(22)28)27-30-25(29)15-20-8-6-5-7-9-20/h5-14H,15-17H2,1-4H3/b27-23+. The lowest BCUT2D eigenvalue weighted by Gasteiger charge is -2.31. The first-order valence-electron chi connectivity index (χ1n) is 10.4. The van der Waals surface area contributed by atoms with Crippen LogP contribution in [-0.2, 0) is 22.5 Å². The molecule has 0 saturated carbocycles. The Balaban J connectivity index is 1.65. The highest BCUT2D eigenvalue weighted by Crippen LogP contribution is 2.38. The van der Waals surface area contributed by atoms with Gasteiger partial charge in [-0.1, -0.05) is 67.0 Å². The van der Waals surface area contributed by atoms with Crippen LogP contribution >= 0.6 is 0 Å². The lowest BCUT2D eigenvalue weighted by atomic mass is 9.76. The van der Waals surface area contributed by atoms with E-state index in [-0.39, 0.29) is 17.8 Å². The molecule has 4 rings (SSSR count). The number of carbonyl (C=O) groups is 1. The van der Waals surface area contributed by atoms with Gasteiger partial charge in [0.1, 0.15) is 0 Å². The van der Waals surface area contributed by atoms with Gasteiger partial charge in [0, 0.05) is 22.6 Å². The fourth-order valence-electron chi connectivity index (χ4n) is 4.21. The van der Waals surface area contributed by atoms with E-state index in [1.807, 2.05) is 30.3 Å². The fourth-order valence-corrected chi connectivity index (χ4v) is 4.21. The first-order chi connectivity index (χ1) is 14.3. The zero-order valence-corrected chi connectivity index (χ0v) is 18.1. The number of fused-ring (bicyclic) bond motifs is 1. The van der Waals surface area contributed by atoms with Gasteiger partial charge in [0.15, 0.2) is 0 Å². The lowest BCUT2D eigenvalue weighted by molar-refractivity contribution is -0.142. The van der Waals surface area contributed by atoms with Crippen molar-refractivity contribution in [1.29, 1.82) is 0 Å². The van der Waals surface area contributed by atoms with Gasteiger partial charge in [-0.05, 0) is 55.9 Å². The third-order valence-corrected chi connectivity index (χ3v) is 5.63. The third kappa shape index (κ3) is 4.23. The molecule has 0 radical (unpaired) electrons. The van der Waals surface area contributed by atoms with Gasteiger partial charge in [-0.3, -0.25) is 0 Å². The molecule has 3 aromatic rings. The summed E-state index contributed by atoms with van der Waals surface area (Å²) >= 11 is 0. The van der Waals surface area contributed by atoms with Gasteiger partial charge < -0.3 is 9.40 Å². The molecule has 1 aliphatic rings. The second-order valence-electron chi connectivity index (χ2n) is 9.00. The lowest BCUT2D eigenvalue weighted by Crippen LogP contribution is -2.28. The summed E-state index contributed by atoms with van der Waals surface area (Å²) in [6.45, 7) is 8.68. The number of hydrogen-bond acceptors (Lipinski definition) is 3. The third-order valence-electron chi connectivity index (χ3n) is 5.63. The molecule has 1 aromatic heterocycles. The molecule has 4 nitrogen and oxygen atoms in total. The molecule has 0 amide bonds. The van der Waals surface area contributed by atoms with E-state index in [9.17, 15) is 4.79 Å². The van der Waals surface area contributed by atoms with Crippen LogP contribution in [0.5, 0.6) is 0 Å². The van der Waals surface area contributed by atoms with Gasteiger partial charge in [0.05, 0.1) is 12.1 Å². The second kappa shape index (κ2) is 7.94. The van der Waals surface area contributed by atoms with Crippen molar-refractivity contribution in [1.82, 2.24) is 4.57 Å². The summed E-state index contributed by atoms with van der Waals surface area (Å²) in [6, 6.07) is 20.3. The molecule has 4 heteroatoms. The van der Waals surface area contributed by atoms with E-state index in [1.165, 1.54) is 11.3 Å². The Morgan fingerprint density at radius 1 is 1.03 bits per heavy atom. The van der Waals surface area contributed by atoms with Crippen LogP contribution in [0.3, 0.4) is 0 Å². The summed E-state index contributed by atoms with van der Waals surface area (Å²) < 4.78 is 2.30. The summed E-state index contributed by atoms with van der Waals surface area (Å²) in [7, 11) is 0. The number of benzene rings is 2.